The molecular formula is C17H20N4O4S. The van der Waals surface area contributed by atoms with Crippen LogP contribution in [0, 0.1) is 0 Å². The summed E-state index contributed by atoms with van der Waals surface area (Å²) in [5.74, 6) is -1.15. The summed E-state index contributed by atoms with van der Waals surface area (Å²) in [5, 5.41) is 8.94. The highest BCUT2D eigenvalue weighted by Crippen LogP contribution is 2.48. The van der Waals surface area contributed by atoms with Crippen LogP contribution in [0.1, 0.15) is 59.0 Å². The van der Waals surface area contributed by atoms with E-state index in [9.17, 15) is 14.4 Å². The molecule has 2 aromatic rings. The highest BCUT2D eigenvalue weighted by molar-refractivity contribution is 7.17. The average Bonchev–Trinajstić information content (AvgIpc) is 2.84. The number of amides is 2. The topological polar surface area (TPSA) is 127 Å². The Morgan fingerprint density at radius 2 is 2.00 bits per heavy atom. The largest absolute Gasteiger partial charge is 0.365 e. The number of fused-ring (bicyclic) bond motifs is 1. The number of aromatic nitrogens is 2. The number of carbonyl (C=O) groups excluding carboxylic acids is 2. The lowest BCUT2D eigenvalue weighted by Gasteiger charge is -2.41. The number of thiophene rings is 1. The SMILES string of the molecule is CC1(C)Cc2c(sc(NC(=O)c3ccc(=O)[nH]n3)c2C(N)=O)C(C)(C)O1. The van der Waals surface area contributed by atoms with Gasteiger partial charge in [0.2, 0.25) is 0 Å². The van der Waals surface area contributed by atoms with E-state index in [1.54, 1.807) is 0 Å². The molecular weight excluding hydrogens is 356 g/mol. The molecule has 0 fully saturated rings. The number of carbonyl (C=O) groups is 2. The van der Waals surface area contributed by atoms with E-state index in [4.69, 9.17) is 10.5 Å². The second-order valence-electron chi connectivity index (χ2n) is 7.29. The number of hydrogen-bond donors (Lipinski definition) is 3. The van der Waals surface area contributed by atoms with E-state index in [0.29, 0.717) is 17.0 Å². The van der Waals surface area contributed by atoms with Crippen LogP contribution in [0.5, 0.6) is 0 Å². The summed E-state index contributed by atoms with van der Waals surface area (Å²) in [6.45, 7) is 7.73. The van der Waals surface area contributed by atoms with Gasteiger partial charge in [-0.1, -0.05) is 0 Å². The maximum Gasteiger partial charge on any atom is 0.276 e. The molecule has 9 heteroatoms. The number of hydrogen-bond acceptors (Lipinski definition) is 6. The van der Waals surface area contributed by atoms with Crippen molar-refractivity contribution in [2.75, 3.05) is 5.32 Å². The molecule has 0 aromatic carbocycles. The average molecular weight is 376 g/mol. The Bertz CT molecular complexity index is 938. The van der Waals surface area contributed by atoms with Crippen LogP contribution < -0.4 is 16.6 Å². The van der Waals surface area contributed by atoms with Gasteiger partial charge in [0, 0.05) is 17.4 Å². The van der Waals surface area contributed by atoms with Gasteiger partial charge < -0.3 is 15.8 Å². The zero-order chi connectivity index (χ0) is 19.3. The number of nitrogens with one attached hydrogen (secondary N) is 2. The normalized spacial score (nSPS) is 17.4. The van der Waals surface area contributed by atoms with Crippen LogP contribution in [0.25, 0.3) is 0 Å². The summed E-state index contributed by atoms with van der Waals surface area (Å²) in [6.07, 6.45) is 0.507. The van der Waals surface area contributed by atoms with E-state index in [1.165, 1.54) is 23.5 Å². The first-order valence-electron chi connectivity index (χ1n) is 8.03. The monoisotopic (exact) mass is 376 g/mol. The summed E-state index contributed by atoms with van der Waals surface area (Å²) in [6, 6.07) is 2.51. The first-order chi connectivity index (χ1) is 12.0. The maximum absolute atomic E-state index is 12.4. The lowest BCUT2D eigenvalue weighted by molar-refractivity contribution is -0.135. The van der Waals surface area contributed by atoms with Gasteiger partial charge in [0.15, 0.2) is 0 Å². The zero-order valence-electron chi connectivity index (χ0n) is 14.9. The van der Waals surface area contributed by atoms with Crippen molar-refractivity contribution in [3.05, 3.63) is 44.2 Å². The molecule has 3 heterocycles. The number of nitrogens with zero attached hydrogens (tertiary/aromatic N) is 1. The Morgan fingerprint density at radius 3 is 2.58 bits per heavy atom. The van der Waals surface area contributed by atoms with Crippen molar-refractivity contribution < 1.29 is 14.3 Å². The third-order valence-corrected chi connectivity index (χ3v) is 5.53. The molecule has 138 valence electrons. The second-order valence-corrected chi connectivity index (χ2v) is 8.31. The molecule has 4 N–H and O–H groups in total. The predicted molar refractivity (Wildman–Crippen MR) is 97.5 cm³/mol. The molecule has 1 aliphatic rings. The summed E-state index contributed by atoms with van der Waals surface area (Å²) in [5.41, 5.74) is 5.24. The van der Waals surface area contributed by atoms with Gasteiger partial charge in [-0.2, -0.15) is 5.10 Å². The third-order valence-electron chi connectivity index (χ3n) is 4.07. The molecule has 26 heavy (non-hydrogen) atoms. The number of ether oxygens (including phenoxy) is 1. The minimum atomic E-state index is -0.620. The molecule has 0 saturated heterocycles. The minimum Gasteiger partial charge on any atom is -0.365 e. The van der Waals surface area contributed by atoms with Crippen LogP contribution in [0.4, 0.5) is 5.00 Å². The van der Waals surface area contributed by atoms with E-state index >= 15 is 0 Å². The van der Waals surface area contributed by atoms with Gasteiger partial charge >= 0.3 is 0 Å². The fourth-order valence-electron chi connectivity index (χ4n) is 3.31. The highest BCUT2D eigenvalue weighted by atomic mass is 32.1. The molecule has 0 aliphatic carbocycles. The van der Waals surface area contributed by atoms with Crippen molar-refractivity contribution in [3.8, 4) is 0 Å². The lowest BCUT2D eigenvalue weighted by atomic mass is 9.86. The van der Waals surface area contributed by atoms with Crippen LogP contribution in [-0.2, 0) is 16.8 Å². The fourth-order valence-corrected chi connectivity index (χ4v) is 4.56. The standard InChI is InChI=1S/C17H20N4O4S/c1-16(2)7-8-11(13(18)23)15(26-12(8)17(3,4)25-16)19-14(24)9-5-6-10(22)21-20-9/h5-6H,7H2,1-4H3,(H2,18,23)(H,19,24)(H,21,22). The van der Waals surface area contributed by atoms with Gasteiger partial charge in [-0.25, -0.2) is 5.10 Å². The summed E-state index contributed by atoms with van der Waals surface area (Å²) < 4.78 is 6.13. The van der Waals surface area contributed by atoms with E-state index in [1.807, 2.05) is 27.7 Å². The molecule has 3 rings (SSSR count). The van der Waals surface area contributed by atoms with Gasteiger partial charge in [-0.3, -0.25) is 14.4 Å². The molecule has 0 radical (unpaired) electrons. The number of rotatable bonds is 3. The number of anilines is 1. The first-order valence-corrected chi connectivity index (χ1v) is 8.85. The van der Waals surface area contributed by atoms with Gasteiger partial charge in [0.05, 0.1) is 16.8 Å². The Hall–Kier alpha value is -2.52. The number of nitrogens with two attached hydrogens (primary N) is 1. The lowest BCUT2D eigenvalue weighted by Crippen LogP contribution is -2.42. The Balaban J connectivity index is 2.05. The smallest absolute Gasteiger partial charge is 0.276 e. The molecule has 0 atom stereocenters. The highest BCUT2D eigenvalue weighted by Gasteiger charge is 2.42. The van der Waals surface area contributed by atoms with E-state index in [0.717, 1.165) is 10.4 Å². The van der Waals surface area contributed by atoms with Crippen LogP contribution in [0.2, 0.25) is 0 Å². The quantitative estimate of drug-likeness (QED) is 0.752. The number of H-pyrrole nitrogens is 1. The maximum atomic E-state index is 12.4. The van der Waals surface area contributed by atoms with Crippen molar-refractivity contribution in [2.24, 2.45) is 5.73 Å². The molecule has 1 aliphatic heterocycles. The number of aromatic amines is 1. The fraction of sp³-hybridized carbons (Fsp3) is 0.412. The van der Waals surface area contributed by atoms with Gasteiger partial charge in [0.1, 0.15) is 10.7 Å². The Kier molecular flexibility index (Phi) is 4.24. The van der Waals surface area contributed by atoms with E-state index < -0.39 is 28.6 Å². The van der Waals surface area contributed by atoms with Gasteiger partial charge in [-0.05, 0) is 39.3 Å². The van der Waals surface area contributed by atoms with Crippen LogP contribution >= 0.6 is 11.3 Å². The molecule has 0 unspecified atom stereocenters. The predicted octanol–water partition coefficient (Wildman–Crippen LogP) is 1.77. The van der Waals surface area contributed by atoms with E-state index in [-0.39, 0.29) is 5.69 Å². The Labute approximate surface area is 153 Å². The van der Waals surface area contributed by atoms with Crippen LogP contribution in [0.3, 0.4) is 0 Å². The summed E-state index contributed by atoms with van der Waals surface area (Å²) in [7, 11) is 0. The number of primary amides is 1. The molecule has 2 aromatic heterocycles. The van der Waals surface area contributed by atoms with Crippen molar-refractivity contribution in [3.63, 3.8) is 0 Å². The van der Waals surface area contributed by atoms with Crippen LogP contribution in [0.15, 0.2) is 16.9 Å². The van der Waals surface area contributed by atoms with Gasteiger partial charge in [-0.15, -0.1) is 11.3 Å². The summed E-state index contributed by atoms with van der Waals surface area (Å²) in [4.78, 5) is 36.5. The van der Waals surface area contributed by atoms with Crippen LogP contribution in [-0.4, -0.2) is 27.6 Å². The molecule has 2 amide bonds. The molecule has 0 spiro atoms. The molecule has 8 nitrogen and oxygen atoms in total. The van der Waals surface area contributed by atoms with Crippen molar-refractivity contribution in [1.82, 2.24) is 10.2 Å². The Morgan fingerprint density at radius 1 is 1.31 bits per heavy atom. The van der Waals surface area contributed by atoms with Gasteiger partial charge in [0.25, 0.3) is 17.4 Å². The first kappa shape index (κ1) is 18.3. The van der Waals surface area contributed by atoms with Crippen molar-refractivity contribution >= 4 is 28.2 Å². The van der Waals surface area contributed by atoms with E-state index in [2.05, 4.69) is 15.5 Å². The molecule has 0 saturated carbocycles. The minimum absolute atomic E-state index is 0.0298. The summed E-state index contributed by atoms with van der Waals surface area (Å²) >= 11 is 1.27. The second kappa shape index (κ2) is 6.03. The van der Waals surface area contributed by atoms with Crippen molar-refractivity contribution in [1.29, 1.82) is 0 Å². The molecule has 0 bridgehead atoms. The third kappa shape index (κ3) is 3.27. The van der Waals surface area contributed by atoms with Crippen molar-refractivity contribution in [2.45, 2.75) is 45.3 Å². The zero-order valence-corrected chi connectivity index (χ0v) is 15.7.